The van der Waals surface area contributed by atoms with Crippen molar-refractivity contribution in [2.45, 2.75) is 41.5 Å². The third kappa shape index (κ3) is 10.8. The highest BCUT2D eigenvalue weighted by Gasteiger charge is 2.05. The van der Waals surface area contributed by atoms with Gasteiger partial charge in [0.1, 0.15) is 17.1 Å². The zero-order chi connectivity index (χ0) is 29.5. The van der Waals surface area contributed by atoms with E-state index in [4.69, 9.17) is 0 Å². The highest BCUT2D eigenvalue weighted by Crippen LogP contribution is 2.04. The number of rotatable bonds is 6. The van der Waals surface area contributed by atoms with E-state index in [1.165, 1.54) is 20.8 Å². The summed E-state index contributed by atoms with van der Waals surface area (Å²) in [6.07, 6.45) is 0. The highest BCUT2D eigenvalue weighted by molar-refractivity contribution is 6.01. The summed E-state index contributed by atoms with van der Waals surface area (Å²) in [5.74, 6) is -0.276. The molecule has 204 valence electrons. The van der Waals surface area contributed by atoms with Gasteiger partial charge in [-0.15, -0.1) is 0 Å². The summed E-state index contributed by atoms with van der Waals surface area (Å²) in [4.78, 5) is 57.4. The second-order valence-corrected chi connectivity index (χ2v) is 8.32. The van der Waals surface area contributed by atoms with Crippen molar-refractivity contribution in [3.05, 3.63) is 88.8 Å². The van der Waals surface area contributed by atoms with Crippen molar-refractivity contribution < 1.29 is 17.2 Å². The lowest BCUT2D eigenvalue weighted by Gasteiger charge is -2.02. The first-order valence-electron chi connectivity index (χ1n) is 12.2. The van der Waals surface area contributed by atoms with Crippen LogP contribution in [-0.4, -0.2) is 70.6 Å². The highest BCUT2D eigenvalue weighted by atomic mass is 16.1. The molecule has 3 rings (SSSR count). The quantitative estimate of drug-likeness (QED) is 0.310. The SMILES string of the molecule is CC(=O)c1cccc(C(C)=O)n1.CN=C(C)c1cccc(C(C)=NC)n1.CN=C(C)c1cccc(C(C)=O)n1.[H+].[H+]. The minimum absolute atomic E-state index is 0. The van der Waals surface area contributed by atoms with Gasteiger partial charge in [-0.3, -0.25) is 29.4 Å². The van der Waals surface area contributed by atoms with Crippen LogP contribution in [0.5, 0.6) is 0 Å². The van der Waals surface area contributed by atoms with Gasteiger partial charge in [-0.25, -0.2) is 15.0 Å². The third-order valence-electron chi connectivity index (χ3n) is 5.45. The molecule has 39 heavy (non-hydrogen) atoms. The normalized spacial score (nSPS) is 11.5. The van der Waals surface area contributed by atoms with Gasteiger partial charge in [0.25, 0.3) is 0 Å². The van der Waals surface area contributed by atoms with E-state index >= 15 is 0 Å². The number of ketones is 3. The molecule has 0 aliphatic rings. The van der Waals surface area contributed by atoms with Crippen LogP contribution < -0.4 is 0 Å². The Morgan fingerprint density at radius 3 is 0.897 bits per heavy atom. The topological polar surface area (TPSA) is 127 Å². The van der Waals surface area contributed by atoms with Gasteiger partial charge in [0.2, 0.25) is 0 Å². The van der Waals surface area contributed by atoms with Crippen molar-refractivity contribution >= 4 is 34.5 Å². The van der Waals surface area contributed by atoms with Crippen LogP contribution in [0.2, 0.25) is 0 Å². The van der Waals surface area contributed by atoms with Gasteiger partial charge in [-0.2, -0.15) is 0 Å². The van der Waals surface area contributed by atoms with Gasteiger partial charge in [0.15, 0.2) is 17.3 Å². The lowest BCUT2D eigenvalue weighted by atomic mass is 10.2. The van der Waals surface area contributed by atoms with E-state index in [2.05, 4.69) is 29.9 Å². The van der Waals surface area contributed by atoms with Crippen molar-refractivity contribution in [1.29, 1.82) is 0 Å². The summed E-state index contributed by atoms with van der Waals surface area (Å²) < 4.78 is 0. The Labute approximate surface area is 233 Å². The van der Waals surface area contributed by atoms with E-state index in [0.29, 0.717) is 17.1 Å². The molecule has 0 N–H and O–H groups in total. The number of nitrogens with zero attached hydrogens (tertiary/aromatic N) is 6. The van der Waals surface area contributed by atoms with Gasteiger partial charge >= 0.3 is 2.85 Å². The van der Waals surface area contributed by atoms with Crippen LogP contribution in [-0.2, 0) is 0 Å². The fraction of sp³-hybridized carbons (Fsp3) is 0.300. The first-order chi connectivity index (χ1) is 18.4. The molecule has 0 radical (unpaired) electrons. The molecule has 0 amide bonds. The predicted octanol–water partition coefficient (Wildman–Crippen LogP) is 5.39. The van der Waals surface area contributed by atoms with Crippen molar-refractivity contribution in [3.63, 3.8) is 0 Å². The van der Waals surface area contributed by atoms with Crippen LogP contribution in [0.3, 0.4) is 0 Å². The largest absolute Gasteiger partial charge is 1.00 e. The first-order valence-corrected chi connectivity index (χ1v) is 12.2. The predicted molar refractivity (Wildman–Crippen MR) is 159 cm³/mol. The Morgan fingerprint density at radius 2 is 0.667 bits per heavy atom. The van der Waals surface area contributed by atoms with Gasteiger partial charge in [0.05, 0.1) is 34.2 Å². The summed E-state index contributed by atoms with van der Waals surface area (Å²) in [7, 11) is 5.24. The zero-order valence-corrected chi connectivity index (χ0v) is 24.1. The van der Waals surface area contributed by atoms with E-state index in [9.17, 15) is 14.4 Å². The maximum atomic E-state index is 11.0. The van der Waals surface area contributed by atoms with E-state index in [1.54, 1.807) is 45.4 Å². The molecule has 0 spiro atoms. The van der Waals surface area contributed by atoms with Crippen LogP contribution in [0.1, 0.15) is 92.9 Å². The lowest BCUT2D eigenvalue weighted by molar-refractivity contribution is 0.0995. The molecule has 0 bridgehead atoms. The van der Waals surface area contributed by atoms with E-state index in [0.717, 1.165) is 34.2 Å². The van der Waals surface area contributed by atoms with E-state index in [1.807, 2.05) is 51.1 Å². The van der Waals surface area contributed by atoms with Crippen molar-refractivity contribution in [3.8, 4) is 0 Å². The summed E-state index contributed by atoms with van der Waals surface area (Å²) in [6, 6.07) is 16.1. The number of Topliss-reactive ketones (excluding diaryl/α,β-unsaturated/α-hetero) is 3. The molecular formula is C30H38N6O3+2. The number of carbonyl (C=O) groups is 3. The monoisotopic (exact) mass is 530 g/mol. The molecule has 0 fully saturated rings. The standard InChI is InChI=1S/C11H15N3.C10H12N2O.C9H9NO2/c1-8(12-3)10-6-5-7-11(14-10)9(2)13-4;1-7(11-3)9-5-4-6-10(12-9)8(2)13;1-6(11)8-4-3-5-9(10-8)7(2)12/h5-7H,1-4H3;4-6H,1-3H3;3-5H,1-2H3/p+2. The second-order valence-electron chi connectivity index (χ2n) is 8.32. The second kappa shape index (κ2) is 16.3. The fourth-order valence-corrected chi connectivity index (χ4v) is 2.84. The third-order valence-corrected chi connectivity index (χ3v) is 5.45. The summed E-state index contributed by atoms with van der Waals surface area (Å²) >= 11 is 0. The fourth-order valence-electron chi connectivity index (χ4n) is 2.84. The smallest absolute Gasteiger partial charge is 0.293 e. The molecule has 0 unspecified atom stereocenters. The summed E-state index contributed by atoms with van der Waals surface area (Å²) in [5, 5.41) is 0. The van der Waals surface area contributed by atoms with Crippen molar-refractivity contribution in [1.82, 2.24) is 15.0 Å². The van der Waals surface area contributed by atoms with Crippen LogP contribution in [0.25, 0.3) is 0 Å². The molecule has 0 saturated heterocycles. The summed E-state index contributed by atoms with van der Waals surface area (Å²) in [5.41, 5.74) is 6.46. The number of aromatic nitrogens is 3. The van der Waals surface area contributed by atoms with E-state index in [-0.39, 0.29) is 20.2 Å². The average Bonchev–Trinajstić information content (AvgIpc) is 2.96. The van der Waals surface area contributed by atoms with E-state index < -0.39 is 0 Å². The van der Waals surface area contributed by atoms with Crippen LogP contribution in [0, 0.1) is 0 Å². The molecule has 3 aromatic rings. The van der Waals surface area contributed by atoms with Crippen LogP contribution in [0.4, 0.5) is 0 Å². The van der Waals surface area contributed by atoms with Gasteiger partial charge in [0, 0.05) is 41.9 Å². The van der Waals surface area contributed by atoms with Crippen LogP contribution >= 0.6 is 0 Å². The molecular weight excluding hydrogens is 492 g/mol. The first kappa shape index (κ1) is 32.5. The minimum Gasteiger partial charge on any atom is -0.293 e. The van der Waals surface area contributed by atoms with Gasteiger partial charge in [-0.05, 0) is 57.2 Å². The number of hydrogen-bond acceptors (Lipinski definition) is 9. The Hall–Kier alpha value is -4.53. The van der Waals surface area contributed by atoms with Crippen LogP contribution in [0.15, 0.2) is 69.6 Å². The maximum Gasteiger partial charge on any atom is 1.00 e. The molecule has 0 aliphatic heterocycles. The van der Waals surface area contributed by atoms with Crippen molar-refractivity contribution in [2.75, 3.05) is 21.1 Å². The molecule has 0 aromatic carbocycles. The number of carbonyl (C=O) groups excluding carboxylic acids is 3. The minimum atomic E-state index is -0.127. The molecule has 3 aromatic heterocycles. The molecule has 3 heterocycles. The molecule has 0 saturated carbocycles. The Kier molecular flexibility index (Phi) is 13.6. The Bertz CT molecular complexity index is 1360. The average molecular weight is 531 g/mol. The number of pyridine rings is 3. The summed E-state index contributed by atoms with van der Waals surface area (Å²) in [6.45, 7) is 10.1. The zero-order valence-electron chi connectivity index (χ0n) is 26.1. The molecule has 0 aliphatic carbocycles. The van der Waals surface area contributed by atoms with Gasteiger partial charge < -0.3 is 0 Å². The lowest BCUT2D eigenvalue weighted by Crippen LogP contribution is -2.04. The Morgan fingerprint density at radius 1 is 0.462 bits per heavy atom. The molecule has 9 nitrogen and oxygen atoms in total. The molecule has 9 heteroatoms. The molecule has 0 atom stereocenters. The Balaban J connectivity index is 0. The maximum absolute atomic E-state index is 11.0. The number of hydrogen-bond donors (Lipinski definition) is 0. The van der Waals surface area contributed by atoms with Crippen molar-refractivity contribution in [2.24, 2.45) is 15.0 Å². The van der Waals surface area contributed by atoms with Gasteiger partial charge in [-0.1, -0.05) is 18.2 Å². The number of aliphatic imine (C=N–C) groups is 3.